The van der Waals surface area contributed by atoms with Crippen LogP contribution in [0, 0.1) is 0 Å². The third kappa shape index (κ3) is 3.35. The molecule has 0 spiro atoms. The summed E-state index contributed by atoms with van der Waals surface area (Å²) in [6, 6.07) is 4.27. The summed E-state index contributed by atoms with van der Waals surface area (Å²) in [5.41, 5.74) is 1.25. The van der Waals surface area contributed by atoms with Gasteiger partial charge in [0.2, 0.25) is 0 Å². The van der Waals surface area contributed by atoms with E-state index < -0.39 is 0 Å². The molecule has 1 aromatic heterocycles. The maximum Gasteiger partial charge on any atom is 0.170 e. The fraction of sp³-hybridized carbons (Fsp3) is 0.500. The van der Waals surface area contributed by atoms with Gasteiger partial charge in [-0.15, -0.1) is 0 Å². The Balaban J connectivity index is 2.59. The van der Waals surface area contributed by atoms with Crippen LogP contribution in [0.5, 0.6) is 0 Å². The Bertz CT molecular complexity index is 244. The van der Waals surface area contributed by atoms with Crippen molar-refractivity contribution in [3.63, 3.8) is 0 Å². The molecule has 0 aliphatic rings. The van der Waals surface area contributed by atoms with Crippen molar-refractivity contribution in [1.82, 2.24) is 0 Å². The number of aryl methyl sites for hydroxylation is 1. The summed E-state index contributed by atoms with van der Waals surface area (Å²) >= 11 is 3.42. The molecular weight excluding hydrogens is 228 g/mol. The average molecular weight is 244 g/mol. The first-order chi connectivity index (χ1) is 6.24. The molecule has 1 aromatic rings. The van der Waals surface area contributed by atoms with Crippen molar-refractivity contribution in [2.75, 3.05) is 24.3 Å². The van der Waals surface area contributed by atoms with E-state index in [2.05, 4.69) is 64.0 Å². The molecule has 72 valence electrons. The van der Waals surface area contributed by atoms with Gasteiger partial charge in [-0.1, -0.05) is 15.9 Å². The van der Waals surface area contributed by atoms with Gasteiger partial charge in [-0.25, -0.2) is 4.57 Å². The van der Waals surface area contributed by atoms with Crippen molar-refractivity contribution in [3.8, 4) is 0 Å². The lowest BCUT2D eigenvalue weighted by Gasteiger charge is -2.10. The number of anilines is 1. The number of hydrogen-bond acceptors (Lipinski definition) is 1. The molecule has 0 aliphatic heterocycles. The van der Waals surface area contributed by atoms with Gasteiger partial charge in [-0.2, -0.15) is 0 Å². The predicted molar refractivity (Wildman–Crippen MR) is 59.4 cm³/mol. The molecule has 0 aliphatic carbocycles. The SMILES string of the molecule is CN(C)c1cc[n+](CCCBr)cc1. The Hall–Kier alpha value is -0.570. The van der Waals surface area contributed by atoms with Crippen LogP contribution < -0.4 is 9.47 Å². The van der Waals surface area contributed by atoms with E-state index in [1.54, 1.807) is 0 Å². The van der Waals surface area contributed by atoms with Crippen LogP contribution >= 0.6 is 15.9 Å². The highest BCUT2D eigenvalue weighted by molar-refractivity contribution is 9.09. The molecular formula is C10H16BrN2+. The lowest BCUT2D eigenvalue weighted by Crippen LogP contribution is -2.33. The standard InChI is InChI=1S/C10H16BrN2/c1-12(2)10-4-8-13(9-5-10)7-3-6-11/h4-5,8-9H,3,6-7H2,1-2H3/q+1. The summed E-state index contributed by atoms with van der Waals surface area (Å²) in [7, 11) is 4.11. The van der Waals surface area contributed by atoms with Crippen molar-refractivity contribution in [2.45, 2.75) is 13.0 Å². The number of aromatic nitrogens is 1. The van der Waals surface area contributed by atoms with Crippen molar-refractivity contribution < 1.29 is 4.57 Å². The highest BCUT2D eigenvalue weighted by atomic mass is 79.9. The van der Waals surface area contributed by atoms with Gasteiger partial charge in [0.15, 0.2) is 12.4 Å². The van der Waals surface area contributed by atoms with Crippen LogP contribution in [0.15, 0.2) is 24.5 Å². The Labute approximate surface area is 88.3 Å². The van der Waals surface area contributed by atoms with Crippen LogP contribution in [-0.4, -0.2) is 19.4 Å². The van der Waals surface area contributed by atoms with Crippen LogP contribution in [0.3, 0.4) is 0 Å². The summed E-state index contributed by atoms with van der Waals surface area (Å²) < 4.78 is 2.20. The van der Waals surface area contributed by atoms with Gasteiger partial charge < -0.3 is 4.90 Å². The molecule has 0 radical (unpaired) electrons. The number of alkyl halides is 1. The molecule has 1 rings (SSSR count). The summed E-state index contributed by atoms with van der Waals surface area (Å²) in [6.45, 7) is 1.08. The second-order valence-electron chi connectivity index (χ2n) is 3.23. The Morgan fingerprint density at radius 2 is 1.92 bits per heavy atom. The maximum atomic E-state index is 3.42. The Morgan fingerprint density at radius 3 is 2.38 bits per heavy atom. The quantitative estimate of drug-likeness (QED) is 0.579. The third-order valence-corrected chi connectivity index (χ3v) is 2.50. The van der Waals surface area contributed by atoms with E-state index in [9.17, 15) is 0 Å². The Kier molecular flexibility index (Phi) is 4.22. The first-order valence-electron chi connectivity index (χ1n) is 4.46. The van der Waals surface area contributed by atoms with E-state index in [1.807, 2.05) is 0 Å². The van der Waals surface area contributed by atoms with Crippen LogP contribution in [0.1, 0.15) is 6.42 Å². The lowest BCUT2D eigenvalue weighted by molar-refractivity contribution is -0.696. The normalized spacial score (nSPS) is 10.1. The number of pyridine rings is 1. The molecule has 0 amide bonds. The van der Waals surface area contributed by atoms with E-state index in [4.69, 9.17) is 0 Å². The summed E-state index contributed by atoms with van der Waals surface area (Å²) in [5, 5.41) is 1.06. The molecule has 0 fully saturated rings. The van der Waals surface area contributed by atoms with Gasteiger partial charge in [0.1, 0.15) is 6.54 Å². The van der Waals surface area contributed by atoms with Crippen LogP contribution in [0.25, 0.3) is 0 Å². The molecule has 0 aromatic carbocycles. The zero-order valence-corrected chi connectivity index (χ0v) is 9.79. The molecule has 2 nitrogen and oxygen atoms in total. The van der Waals surface area contributed by atoms with E-state index >= 15 is 0 Å². The monoisotopic (exact) mass is 243 g/mol. The Morgan fingerprint density at radius 1 is 1.31 bits per heavy atom. The second kappa shape index (κ2) is 5.22. The van der Waals surface area contributed by atoms with Crippen molar-refractivity contribution in [3.05, 3.63) is 24.5 Å². The first kappa shape index (κ1) is 10.5. The molecule has 0 N–H and O–H groups in total. The summed E-state index contributed by atoms with van der Waals surface area (Å²) in [6.07, 6.45) is 5.42. The largest absolute Gasteiger partial charge is 0.377 e. The molecule has 13 heavy (non-hydrogen) atoms. The summed E-state index contributed by atoms with van der Waals surface area (Å²) in [4.78, 5) is 2.11. The zero-order chi connectivity index (χ0) is 9.68. The van der Waals surface area contributed by atoms with Gasteiger partial charge in [0.05, 0.1) is 0 Å². The topological polar surface area (TPSA) is 7.12 Å². The first-order valence-corrected chi connectivity index (χ1v) is 5.58. The fourth-order valence-corrected chi connectivity index (χ4v) is 1.39. The molecule has 0 bridgehead atoms. The van der Waals surface area contributed by atoms with E-state index in [0.29, 0.717) is 0 Å². The van der Waals surface area contributed by atoms with Crippen molar-refractivity contribution in [2.24, 2.45) is 0 Å². The molecule has 1 heterocycles. The van der Waals surface area contributed by atoms with Gasteiger partial charge in [0.25, 0.3) is 0 Å². The second-order valence-corrected chi connectivity index (χ2v) is 4.02. The third-order valence-electron chi connectivity index (χ3n) is 1.94. The average Bonchev–Trinajstić information content (AvgIpc) is 2.15. The minimum atomic E-state index is 1.06. The maximum absolute atomic E-state index is 3.42. The smallest absolute Gasteiger partial charge is 0.170 e. The fourth-order valence-electron chi connectivity index (χ4n) is 1.14. The summed E-state index contributed by atoms with van der Waals surface area (Å²) in [5.74, 6) is 0. The number of halogens is 1. The number of hydrogen-bond donors (Lipinski definition) is 0. The number of nitrogens with zero attached hydrogens (tertiary/aromatic N) is 2. The van der Waals surface area contributed by atoms with E-state index in [0.717, 1.165) is 11.9 Å². The van der Waals surface area contributed by atoms with Gasteiger partial charge in [-0.05, 0) is 0 Å². The van der Waals surface area contributed by atoms with E-state index in [-0.39, 0.29) is 0 Å². The lowest BCUT2D eigenvalue weighted by atomic mass is 10.3. The highest BCUT2D eigenvalue weighted by Crippen LogP contribution is 2.05. The van der Waals surface area contributed by atoms with Gasteiger partial charge in [0, 0.05) is 43.7 Å². The number of rotatable bonds is 4. The zero-order valence-electron chi connectivity index (χ0n) is 8.20. The molecule has 0 unspecified atom stereocenters. The van der Waals surface area contributed by atoms with Crippen LogP contribution in [-0.2, 0) is 6.54 Å². The predicted octanol–water partition coefficient (Wildman–Crippen LogP) is 1.83. The van der Waals surface area contributed by atoms with Crippen molar-refractivity contribution >= 4 is 21.6 Å². The van der Waals surface area contributed by atoms with Crippen molar-refractivity contribution in [1.29, 1.82) is 0 Å². The molecule has 0 saturated heterocycles. The minimum absolute atomic E-state index is 1.06. The van der Waals surface area contributed by atoms with E-state index in [1.165, 1.54) is 12.1 Å². The van der Waals surface area contributed by atoms with Crippen LogP contribution in [0.4, 0.5) is 5.69 Å². The van der Waals surface area contributed by atoms with Crippen LogP contribution in [0.2, 0.25) is 0 Å². The highest BCUT2D eigenvalue weighted by Gasteiger charge is 2.00. The minimum Gasteiger partial charge on any atom is -0.377 e. The molecule has 0 atom stereocenters. The van der Waals surface area contributed by atoms with Gasteiger partial charge in [-0.3, -0.25) is 0 Å². The molecule has 0 saturated carbocycles. The molecule has 3 heteroatoms. The van der Waals surface area contributed by atoms with Gasteiger partial charge >= 0.3 is 0 Å².